The lowest BCUT2D eigenvalue weighted by atomic mass is 9.81. The quantitative estimate of drug-likeness (QED) is 0.383. The molecule has 1 aromatic carbocycles. The first-order chi connectivity index (χ1) is 13.2. The second-order valence-corrected chi connectivity index (χ2v) is 9.78. The second kappa shape index (κ2) is 7.13. The number of aliphatic hydroxyl groups is 1. The molecule has 1 N–H and O–H groups in total. The van der Waals surface area contributed by atoms with E-state index < -0.39 is 11.7 Å². The molecule has 0 spiro atoms. The van der Waals surface area contributed by atoms with Gasteiger partial charge in [-0.15, -0.1) is 0 Å². The average molecular weight is 496 g/mol. The van der Waals surface area contributed by atoms with Gasteiger partial charge in [0.05, 0.1) is 17.1 Å². The largest absolute Gasteiger partial charge is 0.457 e. The number of hydrogen-bond donors (Lipinski definition) is 1. The zero-order chi connectivity index (χ0) is 20.2. The summed E-state index contributed by atoms with van der Waals surface area (Å²) in [6.07, 6.45) is 1.16. The van der Waals surface area contributed by atoms with Crippen LogP contribution >= 0.6 is 22.6 Å². The van der Waals surface area contributed by atoms with Gasteiger partial charge in [-0.1, -0.05) is 6.92 Å². The van der Waals surface area contributed by atoms with Gasteiger partial charge in [0, 0.05) is 15.4 Å². The van der Waals surface area contributed by atoms with Crippen LogP contribution in [0.4, 0.5) is 0 Å². The van der Waals surface area contributed by atoms with Gasteiger partial charge in [0.1, 0.15) is 12.2 Å². The van der Waals surface area contributed by atoms with Gasteiger partial charge >= 0.3 is 11.9 Å². The number of carbonyl (C=O) groups is 2. The predicted molar refractivity (Wildman–Crippen MR) is 112 cm³/mol. The molecule has 1 aliphatic heterocycles. The first-order valence-corrected chi connectivity index (χ1v) is 10.9. The lowest BCUT2D eigenvalue weighted by Gasteiger charge is -2.31. The van der Waals surface area contributed by atoms with E-state index in [1.165, 1.54) is 0 Å². The number of benzene rings is 1. The molecule has 1 unspecified atom stereocenters. The third kappa shape index (κ3) is 3.28. The fraction of sp³-hybridized carbons (Fsp3) is 0.545. The molecular formula is C22H25IO5. The van der Waals surface area contributed by atoms with E-state index in [4.69, 9.17) is 9.47 Å². The van der Waals surface area contributed by atoms with Gasteiger partial charge in [0.15, 0.2) is 0 Å². The fourth-order valence-corrected chi connectivity index (χ4v) is 5.35. The Bertz CT molecular complexity index is 841. The number of esters is 2. The molecule has 0 radical (unpaired) electrons. The fourth-order valence-electron chi connectivity index (χ4n) is 5.00. The highest BCUT2D eigenvalue weighted by Crippen LogP contribution is 2.52. The van der Waals surface area contributed by atoms with E-state index in [9.17, 15) is 14.7 Å². The van der Waals surface area contributed by atoms with Crippen molar-refractivity contribution in [2.45, 2.75) is 57.8 Å². The van der Waals surface area contributed by atoms with E-state index in [1.54, 1.807) is 12.1 Å². The first-order valence-electron chi connectivity index (χ1n) is 9.79. The molecule has 4 rings (SSSR count). The van der Waals surface area contributed by atoms with Crippen molar-refractivity contribution < 1.29 is 24.2 Å². The Hall–Kier alpha value is -1.41. The van der Waals surface area contributed by atoms with E-state index >= 15 is 0 Å². The van der Waals surface area contributed by atoms with Crippen molar-refractivity contribution in [3.8, 4) is 0 Å². The number of carbonyl (C=O) groups excluding carboxylic acids is 2. The van der Waals surface area contributed by atoms with E-state index in [0.717, 1.165) is 21.1 Å². The number of halogens is 1. The highest BCUT2D eigenvalue weighted by atomic mass is 127. The zero-order valence-corrected chi connectivity index (χ0v) is 18.4. The van der Waals surface area contributed by atoms with Crippen LogP contribution in [0.3, 0.4) is 0 Å². The standard InChI is InChI=1S/C22H25IO5/c1-11-15-8-9-22(3,26)16-10-17(12(2)18(16)19(15)28-20(11)24)27-21(25)13-4-6-14(23)7-5-13/h4-7,11,15-17,19,26H,8-10H2,1-3H3/t11-,15-,16?,17-,19-,22+/m0/s1. The van der Waals surface area contributed by atoms with Gasteiger partial charge in [0.25, 0.3) is 0 Å². The summed E-state index contributed by atoms with van der Waals surface area (Å²) in [5.74, 6) is -0.816. The molecule has 2 fully saturated rings. The SMILES string of the molecule is CC1=C2C(C[C@@H]1OC(=O)c1ccc(I)cc1)[C@](C)(O)CC[C@H]1[C@H](C)C(=O)O[C@H]21. The Morgan fingerprint density at radius 3 is 2.68 bits per heavy atom. The van der Waals surface area contributed by atoms with Crippen LogP contribution in [0.2, 0.25) is 0 Å². The van der Waals surface area contributed by atoms with E-state index in [2.05, 4.69) is 22.6 Å². The zero-order valence-electron chi connectivity index (χ0n) is 16.3. The van der Waals surface area contributed by atoms with Crippen LogP contribution < -0.4 is 0 Å². The van der Waals surface area contributed by atoms with Crippen molar-refractivity contribution in [1.82, 2.24) is 0 Å². The summed E-state index contributed by atoms with van der Waals surface area (Å²) in [5, 5.41) is 11.1. The number of ether oxygens (including phenoxy) is 2. The van der Waals surface area contributed by atoms with Gasteiger partial charge in [-0.05, 0) is 91.1 Å². The summed E-state index contributed by atoms with van der Waals surface area (Å²) in [4.78, 5) is 24.8. The lowest BCUT2D eigenvalue weighted by molar-refractivity contribution is -0.143. The van der Waals surface area contributed by atoms with E-state index in [0.29, 0.717) is 18.4 Å². The highest BCUT2D eigenvalue weighted by molar-refractivity contribution is 14.1. The van der Waals surface area contributed by atoms with Gasteiger partial charge < -0.3 is 14.6 Å². The van der Waals surface area contributed by atoms with Crippen molar-refractivity contribution in [3.05, 3.63) is 44.5 Å². The molecule has 0 bridgehead atoms. The van der Waals surface area contributed by atoms with Crippen molar-refractivity contribution in [2.24, 2.45) is 17.8 Å². The molecular weight excluding hydrogens is 471 g/mol. The van der Waals surface area contributed by atoms with Crippen molar-refractivity contribution in [1.29, 1.82) is 0 Å². The molecule has 6 heteroatoms. The van der Waals surface area contributed by atoms with Gasteiger partial charge in [-0.3, -0.25) is 4.79 Å². The summed E-state index contributed by atoms with van der Waals surface area (Å²) in [6, 6.07) is 7.25. The molecule has 6 atom stereocenters. The summed E-state index contributed by atoms with van der Waals surface area (Å²) < 4.78 is 12.6. The molecule has 1 saturated heterocycles. The molecule has 0 aromatic heterocycles. The molecule has 1 saturated carbocycles. The molecule has 3 aliphatic rings. The molecule has 2 aliphatic carbocycles. The predicted octanol–water partition coefficient (Wildman–Crippen LogP) is 3.88. The summed E-state index contributed by atoms with van der Waals surface area (Å²) in [6.45, 7) is 5.69. The average Bonchev–Trinajstić information content (AvgIpc) is 3.07. The van der Waals surface area contributed by atoms with Crippen LogP contribution in [-0.4, -0.2) is 34.9 Å². The Morgan fingerprint density at radius 2 is 2.00 bits per heavy atom. The van der Waals surface area contributed by atoms with Crippen molar-refractivity contribution in [2.75, 3.05) is 0 Å². The van der Waals surface area contributed by atoms with Crippen LogP contribution in [0.1, 0.15) is 50.4 Å². The van der Waals surface area contributed by atoms with Crippen LogP contribution in [-0.2, 0) is 14.3 Å². The minimum atomic E-state index is -0.906. The van der Waals surface area contributed by atoms with Gasteiger partial charge in [-0.25, -0.2) is 4.79 Å². The Morgan fingerprint density at radius 1 is 1.32 bits per heavy atom. The topological polar surface area (TPSA) is 72.8 Å². The maximum atomic E-state index is 12.6. The molecule has 5 nitrogen and oxygen atoms in total. The van der Waals surface area contributed by atoms with Crippen molar-refractivity contribution >= 4 is 34.5 Å². The minimum Gasteiger partial charge on any atom is -0.457 e. The first kappa shape index (κ1) is 19.9. The Balaban J connectivity index is 1.64. The molecule has 150 valence electrons. The normalized spacial score (nSPS) is 37.2. The van der Waals surface area contributed by atoms with Crippen LogP contribution in [0.5, 0.6) is 0 Å². The minimum absolute atomic E-state index is 0.0691. The van der Waals surface area contributed by atoms with Crippen LogP contribution in [0.25, 0.3) is 0 Å². The summed E-state index contributed by atoms with van der Waals surface area (Å²) in [7, 11) is 0. The Kier molecular flexibility index (Phi) is 5.06. The van der Waals surface area contributed by atoms with Crippen LogP contribution in [0, 0.1) is 21.3 Å². The number of rotatable bonds is 2. The van der Waals surface area contributed by atoms with E-state index in [-0.39, 0.29) is 35.8 Å². The van der Waals surface area contributed by atoms with E-state index in [1.807, 2.05) is 32.9 Å². The van der Waals surface area contributed by atoms with Gasteiger partial charge in [-0.2, -0.15) is 0 Å². The third-order valence-corrected chi connectivity index (χ3v) is 7.50. The lowest BCUT2D eigenvalue weighted by Crippen LogP contribution is -2.35. The molecule has 1 heterocycles. The Labute approximate surface area is 178 Å². The van der Waals surface area contributed by atoms with Gasteiger partial charge in [0.2, 0.25) is 0 Å². The summed E-state index contributed by atoms with van der Waals surface area (Å²) >= 11 is 2.19. The van der Waals surface area contributed by atoms with Crippen LogP contribution in [0.15, 0.2) is 35.4 Å². The third-order valence-electron chi connectivity index (χ3n) is 6.78. The maximum Gasteiger partial charge on any atom is 0.338 e. The smallest absolute Gasteiger partial charge is 0.338 e. The number of hydrogen-bond acceptors (Lipinski definition) is 5. The molecule has 1 aromatic rings. The monoisotopic (exact) mass is 496 g/mol. The number of fused-ring (bicyclic) bond motifs is 3. The summed E-state index contributed by atoms with van der Waals surface area (Å²) in [5.41, 5.74) is 1.49. The molecule has 0 amide bonds. The van der Waals surface area contributed by atoms with Crippen molar-refractivity contribution in [3.63, 3.8) is 0 Å². The molecule has 28 heavy (non-hydrogen) atoms. The maximum absolute atomic E-state index is 12.6. The highest BCUT2D eigenvalue weighted by Gasteiger charge is 2.55. The second-order valence-electron chi connectivity index (χ2n) is 8.53.